The van der Waals surface area contributed by atoms with Crippen LogP contribution in [0.1, 0.15) is 25.0 Å². The summed E-state index contributed by atoms with van der Waals surface area (Å²) in [4.78, 5) is 16.0. The number of nitrogens with two attached hydrogens (primary N) is 1. The zero-order valence-corrected chi connectivity index (χ0v) is 13.3. The summed E-state index contributed by atoms with van der Waals surface area (Å²) < 4.78 is 37.9. The summed E-state index contributed by atoms with van der Waals surface area (Å²) in [6.07, 6.45) is -4.47. The van der Waals surface area contributed by atoms with Crippen molar-refractivity contribution in [2.45, 2.75) is 26.1 Å². The first-order valence-corrected chi connectivity index (χ1v) is 7.01. The van der Waals surface area contributed by atoms with Crippen LogP contribution in [0.15, 0.2) is 42.0 Å². The lowest BCUT2D eigenvalue weighted by molar-refractivity contribution is -0.137. The van der Waals surface area contributed by atoms with Crippen LogP contribution in [0.5, 0.6) is 0 Å². The van der Waals surface area contributed by atoms with Crippen molar-refractivity contribution in [1.29, 1.82) is 0 Å². The zero-order chi connectivity index (χ0) is 18.5. The van der Waals surface area contributed by atoms with Gasteiger partial charge in [0, 0.05) is 23.7 Å². The van der Waals surface area contributed by atoms with Gasteiger partial charge in [-0.2, -0.15) is 19.1 Å². The summed E-state index contributed by atoms with van der Waals surface area (Å²) in [7, 11) is 0. The molecule has 0 spiro atoms. The molecule has 24 heavy (non-hydrogen) atoms. The van der Waals surface area contributed by atoms with Crippen molar-refractivity contribution in [3.63, 3.8) is 0 Å². The minimum absolute atomic E-state index is 0.0354. The smallest absolute Gasteiger partial charge is 0.416 e. The Morgan fingerprint density at radius 2 is 1.88 bits per heavy atom. The van der Waals surface area contributed by atoms with Crippen LogP contribution in [-0.2, 0) is 15.8 Å². The second kappa shape index (κ2) is 7.98. The quantitative estimate of drug-likeness (QED) is 0.306. The summed E-state index contributed by atoms with van der Waals surface area (Å²) in [5.74, 6) is 3.90. The van der Waals surface area contributed by atoms with Crippen molar-refractivity contribution in [3.8, 4) is 0 Å². The Morgan fingerprint density at radius 3 is 2.25 bits per heavy atom. The fourth-order valence-corrected chi connectivity index (χ4v) is 1.88. The number of carbonyl (C=O) groups is 1. The van der Waals surface area contributed by atoms with Crippen molar-refractivity contribution in [2.24, 2.45) is 5.90 Å². The van der Waals surface area contributed by atoms with E-state index in [9.17, 15) is 18.0 Å². The van der Waals surface area contributed by atoms with Crippen LogP contribution in [0.4, 0.5) is 13.2 Å². The number of aliphatic carboxylic acids is 1. The molecule has 1 aromatic rings. The van der Waals surface area contributed by atoms with Crippen molar-refractivity contribution in [1.82, 2.24) is 5.32 Å². The van der Waals surface area contributed by atoms with Gasteiger partial charge in [0.1, 0.15) is 0 Å². The van der Waals surface area contributed by atoms with Gasteiger partial charge in [0.15, 0.2) is 5.76 Å². The monoisotopic (exact) mass is 344 g/mol. The molecule has 5 nitrogen and oxygen atoms in total. The maximum atomic E-state index is 12.6. The molecule has 0 saturated carbocycles. The lowest BCUT2D eigenvalue weighted by Gasteiger charge is -2.17. The lowest BCUT2D eigenvalue weighted by Crippen LogP contribution is -2.27. The van der Waals surface area contributed by atoms with E-state index < -0.39 is 17.7 Å². The Hall–Kier alpha value is -2.32. The number of halogens is 3. The van der Waals surface area contributed by atoms with Crippen molar-refractivity contribution in [3.05, 3.63) is 53.1 Å². The molecule has 0 aliphatic heterocycles. The third kappa shape index (κ3) is 5.10. The molecule has 0 aliphatic carbocycles. The molecule has 1 rings (SSSR count). The molecule has 0 aromatic heterocycles. The van der Waals surface area contributed by atoms with Gasteiger partial charge >= 0.3 is 12.1 Å². The van der Waals surface area contributed by atoms with Gasteiger partial charge in [-0.25, -0.2) is 4.79 Å². The Labute approximate surface area is 137 Å². The number of rotatable bonds is 7. The lowest BCUT2D eigenvalue weighted by atomic mass is 10.0. The van der Waals surface area contributed by atoms with E-state index in [1.54, 1.807) is 0 Å². The van der Waals surface area contributed by atoms with Crippen LogP contribution in [0, 0.1) is 0 Å². The number of alkyl halides is 3. The molecule has 0 amide bonds. The van der Waals surface area contributed by atoms with Gasteiger partial charge in [0.2, 0.25) is 0 Å². The second-order valence-corrected chi connectivity index (χ2v) is 5.32. The van der Waals surface area contributed by atoms with Gasteiger partial charge in [-0.05, 0) is 12.1 Å². The maximum absolute atomic E-state index is 12.6. The molecule has 0 unspecified atom stereocenters. The molecule has 0 atom stereocenters. The number of nitrogens with one attached hydrogen (secondary N) is 1. The van der Waals surface area contributed by atoms with Gasteiger partial charge in [0.05, 0.1) is 11.1 Å². The maximum Gasteiger partial charge on any atom is 0.416 e. The topological polar surface area (TPSA) is 84.6 Å². The molecule has 0 heterocycles. The summed E-state index contributed by atoms with van der Waals surface area (Å²) >= 11 is 0. The molecule has 0 bridgehead atoms. The van der Waals surface area contributed by atoms with Crippen LogP contribution in [0.2, 0.25) is 0 Å². The third-order valence-electron chi connectivity index (χ3n) is 3.18. The average molecular weight is 344 g/mol. The highest BCUT2D eigenvalue weighted by molar-refractivity contribution is 5.94. The molecule has 132 valence electrons. The minimum atomic E-state index is -4.47. The van der Waals surface area contributed by atoms with Crippen LogP contribution in [0.3, 0.4) is 0 Å². The molecule has 4 N–H and O–H groups in total. The van der Waals surface area contributed by atoms with Crippen LogP contribution in [-0.4, -0.2) is 23.7 Å². The van der Waals surface area contributed by atoms with Gasteiger partial charge in [-0.3, -0.25) is 0 Å². The normalized spacial score (nSPS) is 12.8. The van der Waals surface area contributed by atoms with Crippen LogP contribution in [0.25, 0.3) is 5.76 Å². The molecule has 0 radical (unpaired) electrons. The molecular formula is C16H19F3N2O3. The molecule has 0 fully saturated rings. The van der Waals surface area contributed by atoms with E-state index in [1.165, 1.54) is 0 Å². The largest absolute Gasteiger partial charge is 0.478 e. The predicted molar refractivity (Wildman–Crippen MR) is 83.6 cm³/mol. The standard InChI is InChI=1S/C16H19F3N2O3/c1-9(2)21-8-13(10(3)15(22)23)14(24-20)11-4-6-12(7-5-11)16(17,18)19/h4-7,9,21H,3,8,20H2,1-2H3,(H,22,23)/b14-13-. The molecule has 0 aliphatic rings. The summed E-state index contributed by atoms with van der Waals surface area (Å²) in [6, 6.07) is 4.09. The highest BCUT2D eigenvalue weighted by atomic mass is 19.4. The van der Waals surface area contributed by atoms with E-state index in [1.807, 2.05) is 13.8 Å². The van der Waals surface area contributed by atoms with Crippen molar-refractivity contribution < 1.29 is 27.9 Å². The number of hydrogen-bond donors (Lipinski definition) is 3. The van der Waals surface area contributed by atoms with Crippen molar-refractivity contribution in [2.75, 3.05) is 6.54 Å². The van der Waals surface area contributed by atoms with Gasteiger partial charge in [0.25, 0.3) is 0 Å². The van der Waals surface area contributed by atoms with Gasteiger partial charge in [-0.15, -0.1) is 0 Å². The van der Waals surface area contributed by atoms with Gasteiger partial charge < -0.3 is 15.3 Å². The molecule has 8 heteroatoms. The predicted octanol–water partition coefficient (Wildman–Crippen LogP) is 2.95. The molecule has 0 saturated heterocycles. The Morgan fingerprint density at radius 1 is 1.33 bits per heavy atom. The summed E-state index contributed by atoms with van der Waals surface area (Å²) in [5, 5.41) is 12.2. The summed E-state index contributed by atoms with van der Waals surface area (Å²) in [6.45, 7) is 7.25. The number of hydrogen-bond acceptors (Lipinski definition) is 4. The van der Waals surface area contributed by atoms with Crippen molar-refractivity contribution >= 4 is 11.7 Å². The first-order chi connectivity index (χ1) is 11.1. The Kier molecular flexibility index (Phi) is 6.56. The number of benzene rings is 1. The van der Waals surface area contributed by atoms with E-state index in [2.05, 4.69) is 11.9 Å². The number of carboxylic acids is 1. The third-order valence-corrected chi connectivity index (χ3v) is 3.18. The van der Waals surface area contributed by atoms with E-state index >= 15 is 0 Å². The zero-order valence-electron chi connectivity index (χ0n) is 13.3. The molecule has 1 aromatic carbocycles. The Bertz CT molecular complexity index is 635. The summed E-state index contributed by atoms with van der Waals surface area (Å²) in [5.41, 5.74) is -0.725. The van der Waals surface area contributed by atoms with E-state index in [0.29, 0.717) is 0 Å². The van der Waals surface area contributed by atoms with Crippen LogP contribution >= 0.6 is 0 Å². The van der Waals surface area contributed by atoms with E-state index in [0.717, 1.165) is 24.3 Å². The molecular weight excluding hydrogens is 325 g/mol. The Balaban J connectivity index is 3.34. The van der Waals surface area contributed by atoms with Crippen LogP contribution < -0.4 is 11.2 Å². The highest BCUT2D eigenvalue weighted by Crippen LogP contribution is 2.31. The fourth-order valence-electron chi connectivity index (χ4n) is 1.88. The van der Waals surface area contributed by atoms with E-state index in [-0.39, 0.29) is 35.1 Å². The SMILES string of the molecule is C=C(C(=O)O)/C(CNC(C)C)=C(\ON)c1ccc(C(F)(F)F)cc1. The number of carboxylic acid groups (broad SMARTS) is 1. The average Bonchev–Trinajstić information content (AvgIpc) is 2.49. The second-order valence-electron chi connectivity index (χ2n) is 5.32. The minimum Gasteiger partial charge on any atom is -0.478 e. The fraction of sp³-hybridized carbons (Fsp3) is 0.312. The first-order valence-electron chi connectivity index (χ1n) is 7.01. The van der Waals surface area contributed by atoms with Gasteiger partial charge in [-0.1, -0.05) is 32.6 Å². The first kappa shape index (κ1) is 19.7. The highest BCUT2D eigenvalue weighted by Gasteiger charge is 2.30. The van der Waals surface area contributed by atoms with E-state index in [4.69, 9.17) is 15.8 Å².